The third-order valence-corrected chi connectivity index (χ3v) is 5.14. The van der Waals surface area contributed by atoms with Gasteiger partial charge in [-0.15, -0.1) is 0 Å². The van der Waals surface area contributed by atoms with E-state index in [-0.39, 0.29) is 11.3 Å². The summed E-state index contributed by atoms with van der Waals surface area (Å²) in [6.45, 7) is 3.53. The van der Waals surface area contributed by atoms with E-state index < -0.39 is 10.8 Å². The first-order valence-electron chi connectivity index (χ1n) is 9.05. The SMILES string of the molecule is Cc1ccc(-c2nc3cc(NC(=O)c4ccc(C)c([N+](=O)[O-])c4)ccc3o2)cc1Cl. The van der Waals surface area contributed by atoms with Crippen molar-refractivity contribution in [2.75, 3.05) is 5.32 Å². The summed E-state index contributed by atoms with van der Waals surface area (Å²) in [5.74, 6) is -0.0315. The fourth-order valence-electron chi connectivity index (χ4n) is 3.01. The quantitative estimate of drug-likeness (QED) is 0.325. The summed E-state index contributed by atoms with van der Waals surface area (Å²) in [7, 11) is 0. The number of halogens is 1. The van der Waals surface area contributed by atoms with Crippen LogP contribution in [-0.4, -0.2) is 15.8 Å². The van der Waals surface area contributed by atoms with Crippen LogP contribution in [0, 0.1) is 24.0 Å². The highest BCUT2D eigenvalue weighted by molar-refractivity contribution is 6.31. The molecule has 1 amide bonds. The molecule has 0 bridgehead atoms. The lowest BCUT2D eigenvalue weighted by atomic mass is 10.1. The first-order valence-corrected chi connectivity index (χ1v) is 9.43. The van der Waals surface area contributed by atoms with Gasteiger partial charge in [0.25, 0.3) is 11.6 Å². The van der Waals surface area contributed by atoms with Gasteiger partial charge in [0, 0.05) is 33.5 Å². The molecule has 1 N–H and O–H groups in total. The van der Waals surface area contributed by atoms with Gasteiger partial charge in [0.2, 0.25) is 5.89 Å². The second-order valence-corrected chi connectivity index (χ2v) is 7.29. The van der Waals surface area contributed by atoms with Gasteiger partial charge in [-0.25, -0.2) is 4.98 Å². The number of anilines is 1. The highest BCUT2D eigenvalue weighted by Gasteiger charge is 2.16. The Morgan fingerprint density at radius 2 is 1.83 bits per heavy atom. The number of amides is 1. The Balaban J connectivity index is 1.61. The molecule has 4 rings (SSSR count). The molecule has 1 aromatic heterocycles. The largest absolute Gasteiger partial charge is 0.436 e. The normalized spacial score (nSPS) is 10.9. The average Bonchev–Trinajstić information content (AvgIpc) is 3.13. The topological polar surface area (TPSA) is 98.3 Å². The van der Waals surface area contributed by atoms with Crippen molar-refractivity contribution >= 4 is 40.0 Å². The van der Waals surface area contributed by atoms with Crippen molar-refractivity contribution in [1.29, 1.82) is 0 Å². The van der Waals surface area contributed by atoms with E-state index in [0.717, 1.165) is 11.1 Å². The van der Waals surface area contributed by atoms with Crippen LogP contribution in [0.1, 0.15) is 21.5 Å². The number of carbonyl (C=O) groups is 1. The van der Waals surface area contributed by atoms with Gasteiger partial charge in [0.1, 0.15) is 5.52 Å². The van der Waals surface area contributed by atoms with Crippen LogP contribution in [0.2, 0.25) is 5.02 Å². The molecule has 0 spiro atoms. The number of fused-ring (bicyclic) bond motifs is 1. The number of nitrogens with one attached hydrogen (secondary N) is 1. The maximum Gasteiger partial charge on any atom is 0.273 e. The average molecular weight is 422 g/mol. The number of nitro benzene ring substituents is 1. The van der Waals surface area contributed by atoms with Gasteiger partial charge in [-0.3, -0.25) is 14.9 Å². The van der Waals surface area contributed by atoms with Gasteiger partial charge in [0.05, 0.1) is 4.92 Å². The first-order chi connectivity index (χ1) is 14.3. The smallest absolute Gasteiger partial charge is 0.273 e. The van der Waals surface area contributed by atoms with Gasteiger partial charge in [0.15, 0.2) is 5.58 Å². The van der Waals surface area contributed by atoms with Gasteiger partial charge in [-0.05, 0) is 55.8 Å². The number of benzene rings is 3. The molecule has 0 radical (unpaired) electrons. The highest BCUT2D eigenvalue weighted by atomic mass is 35.5. The Morgan fingerprint density at radius 1 is 1.07 bits per heavy atom. The molecule has 0 fully saturated rings. The van der Waals surface area contributed by atoms with Gasteiger partial charge < -0.3 is 9.73 Å². The van der Waals surface area contributed by atoms with E-state index in [9.17, 15) is 14.9 Å². The minimum atomic E-state index is -0.508. The molecule has 3 aromatic carbocycles. The maximum absolute atomic E-state index is 12.5. The number of nitrogens with zero attached hydrogens (tertiary/aromatic N) is 2. The Morgan fingerprint density at radius 3 is 2.57 bits per heavy atom. The lowest BCUT2D eigenvalue weighted by Gasteiger charge is -2.06. The van der Waals surface area contributed by atoms with Crippen molar-refractivity contribution in [2.24, 2.45) is 0 Å². The van der Waals surface area contributed by atoms with Crippen LogP contribution >= 0.6 is 11.6 Å². The predicted molar refractivity (Wildman–Crippen MR) is 115 cm³/mol. The van der Waals surface area contributed by atoms with E-state index in [0.29, 0.717) is 33.3 Å². The van der Waals surface area contributed by atoms with Crippen LogP contribution in [0.25, 0.3) is 22.6 Å². The fraction of sp³-hybridized carbons (Fsp3) is 0.0909. The van der Waals surface area contributed by atoms with Gasteiger partial charge in [-0.2, -0.15) is 0 Å². The molecule has 0 atom stereocenters. The predicted octanol–water partition coefficient (Wildman–Crippen LogP) is 5.93. The summed E-state index contributed by atoms with van der Waals surface area (Å²) in [5.41, 5.74) is 3.91. The molecule has 30 heavy (non-hydrogen) atoms. The Hall–Kier alpha value is -3.71. The molecule has 0 saturated carbocycles. The molecule has 8 heteroatoms. The molecule has 0 aliphatic rings. The molecule has 150 valence electrons. The zero-order chi connectivity index (χ0) is 21.4. The standard InChI is InChI=1S/C22H16ClN3O4/c1-12-3-6-15(9-17(12)23)22-25-18-11-16(7-8-20(18)30-22)24-21(27)14-5-4-13(2)19(10-14)26(28)29/h3-11H,1-2H3,(H,24,27). The van der Waals surface area contributed by atoms with Crippen molar-refractivity contribution in [3.8, 4) is 11.5 Å². The third-order valence-electron chi connectivity index (χ3n) is 4.73. The fourth-order valence-corrected chi connectivity index (χ4v) is 3.19. The van der Waals surface area contributed by atoms with Crippen LogP contribution in [0.3, 0.4) is 0 Å². The summed E-state index contributed by atoms with van der Waals surface area (Å²) in [4.78, 5) is 27.6. The Kier molecular flexibility index (Phi) is 4.97. The number of oxazole rings is 1. The summed E-state index contributed by atoms with van der Waals surface area (Å²) >= 11 is 6.18. The van der Waals surface area contributed by atoms with Gasteiger partial charge >= 0.3 is 0 Å². The first kappa shape index (κ1) is 19.6. The zero-order valence-corrected chi connectivity index (χ0v) is 16.9. The highest BCUT2D eigenvalue weighted by Crippen LogP contribution is 2.29. The van der Waals surface area contributed by atoms with Crippen LogP contribution in [0.5, 0.6) is 0 Å². The van der Waals surface area contributed by atoms with Crippen LogP contribution < -0.4 is 5.32 Å². The van der Waals surface area contributed by atoms with E-state index in [1.165, 1.54) is 6.07 Å². The second kappa shape index (κ2) is 7.61. The van der Waals surface area contributed by atoms with Crippen molar-refractivity contribution in [3.05, 3.63) is 86.4 Å². The lowest BCUT2D eigenvalue weighted by Crippen LogP contribution is -2.12. The van der Waals surface area contributed by atoms with E-state index in [4.69, 9.17) is 16.0 Å². The Labute approximate surface area is 176 Å². The monoisotopic (exact) mass is 421 g/mol. The minimum Gasteiger partial charge on any atom is -0.436 e. The molecule has 0 saturated heterocycles. The van der Waals surface area contributed by atoms with Crippen molar-refractivity contribution < 1.29 is 14.1 Å². The van der Waals surface area contributed by atoms with Crippen LogP contribution in [-0.2, 0) is 0 Å². The summed E-state index contributed by atoms with van der Waals surface area (Å²) < 4.78 is 5.79. The van der Waals surface area contributed by atoms with Crippen molar-refractivity contribution in [1.82, 2.24) is 4.98 Å². The molecule has 0 aliphatic carbocycles. The van der Waals surface area contributed by atoms with Gasteiger partial charge in [-0.1, -0.05) is 23.7 Å². The molecular weight excluding hydrogens is 406 g/mol. The Bertz CT molecular complexity index is 1310. The summed E-state index contributed by atoms with van der Waals surface area (Å²) in [6, 6.07) is 15.0. The molecular formula is C22H16ClN3O4. The van der Waals surface area contributed by atoms with E-state index in [1.54, 1.807) is 43.3 Å². The van der Waals surface area contributed by atoms with E-state index in [2.05, 4.69) is 10.3 Å². The second-order valence-electron chi connectivity index (χ2n) is 6.88. The van der Waals surface area contributed by atoms with Crippen LogP contribution in [0.4, 0.5) is 11.4 Å². The number of nitro groups is 1. The van der Waals surface area contributed by atoms with E-state index >= 15 is 0 Å². The minimum absolute atomic E-state index is 0.101. The number of hydrogen-bond acceptors (Lipinski definition) is 5. The molecule has 0 unspecified atom stereocenters. The molecule has 1 heterocycles. The number of aromatic nitrogens is 1. The third kappa shape index (κ3) is 3.75. The van der Waals surface area contributed by atoms with Crippen LogP contribution in [0.15, 0.2) is 59.0 Å². The summed E-state index contributed by atoms with van der Waals surface area (Å²) in [5, 5.41) is 14.5. The molecule has 4 aromatic rings. The number of carbonyl (C=O) groups excluding carboxylic acids is 1. The molecule has 7 nitrogen and oxygen atoms in total. The number of aryl methyl sites for hydroxylation is 2. The van der Waals surface area contributed by atoms with Crippen molar-refractivity contribution in [3.63, 3.8) is 0 Å². The maximum atomic E-state index is 12.5. The summed E-state index contributed by atoms with van der Waals surface area (Å²) in [6.07, 6.45) is 0. The van der Waals surface area contributed by atoms with E-state index in [1.807, 2.05) is 19.1 Å². The number of hydrogen-bond donors (Lipinski definition) is 1. The van der Waals surface area contributed by atoms with Crippen molar-refractivity contribution in [2.45, 2.75) is 13.8 Å². The number of rotatable bonds is 4. The lowest BCUT2D eigenvalue weighted by molar-refractivity contribution is -0.385. The molecule has 0 aliphatic heterocycles. The zero-order valence-electron chi connectivity index (χ0n) is 16.1.